The van der Waals surface area contributed by atoms with Crippen LogP contribution in [0, 0.1) is 5.41 Å². The quantitative estimate of drug-likeness (QED) is 0.812. The van der Waals surface area contributed by atoms with Gasteiger partial charge in [0.1, 0.15) is 6.26 Å². The van der Waals surface area contributed by atoms with E-state index in [2.05, 4.69) is 33.7 Å². The van der Waals surface area contributed by atoms with E-state index in [0.29, 0.717) is 12.2 Å². The molecule has 1 aromatic rings. The standard InChI is InChI=1S/C11H19N3O2/c1-11(2,8-14(3)4)7-12-10(15)9-5-6-16-13-9/h5-6H,7-8H2,1-4H3,(H,12,15). The maximum Gasteiger partial charge on any atom is 0.273 e. The fraction of sp³-hybridized carbons (Fsp3) is 0.636. The summed E-state index contributed by atoms with van der Waals surface area (Å²) in [6.07, 6.45) is 1.39. The number of aromatic nitrogens is 1. The first-order valence-corrected chi connectivity index (χ1v) is 5.24. The Kier molecular flexibility index (Phi) is 4.06. The van der Waals surface area contributed by atoms with Crippen molar-refractivity contribution in [2.24, 2.45) is 5.41 Å². The van der Waals surface area contributed by atoms with Gasteiger partial charge in [0.25, 0.3) is 5.91 Å². The highest BCUT2D eigenvalue weighted by Gasteiger charge is 2.20. The largest absolute Gasteiger partial charge is 0.364 e. The van der Waals surface area contributed by atoms with Crippen LogP contribution in [-0.2, 0) is 0 Å². The molecule has 0 aliphatic carbocycles. The molecule has 0 saturated heterocycles. The SMILES string of the molecule is CN(C)CC(C)(C)CNC(=O)c1ccon1. The van der Waals surface area contributed by atoms with Crippen molar-refractivity contribution in [1.82, 2.24) is 15.4 Å². The summed E-state index contributed by atoms with van der Waals surface area (Å²) >= 11 is 0. The first-order valence-electron chi connectivity index (χ1n) is 5.24. The highest BCUT2D eigenvalue weighted by Crippen LogP contribution is 2.14. The molecule has 0 aliphatic heterocycles. The number of carbonyl (C=O) groups is 1. The van der Waals surface area contributed by atoms with Gasteiger partial charge in [0.2, 0.25) is 0 Å². The minimum Gasteiger partial charge on any atom is -0.364 e. The topological polar surface area (TPSA) is 58.4 Å². The number of nitrogens with zero attached hydrogens (tertiary/aromatic N) is 2. The minimum absolute atomic E-state index is 0.0307. The van der Waals surface area contributed by atoms with Gasteiger partial charge in [-0.2, -0.15) is 0 Å². The summed E-state index contributed by atoms with van der Waals surface area (Å²) in [6, 6.07) is 1.55. The Bertz CT molecular complexity index is 331. The summed E-state index contributed by atoms with van der Waals surface area (Å²) in [6.45, 7) is 5.73. The Hall–Kier alpha value is -1.36. The smallest absolute Gasteiger partial charge is 0.273 e. The maximum atomic E-state index is 11.6. The van der Waals surface area contributed by atoms with Crippen LogP contribution >= 0.6 is 0 Å². The van der Waals surface area contributed by atoms with Gasteiger partial charge in [0, 0.05) is 19.2 Å². The van der Waals surface area contributed by atoms with E-state index in [-0.39, 0.29) is 11.3 Å². The molecule has 0 aromatic carbocycles. The summed E-state index contributed by atoms with van der Waals surface area (Å²) in [4.78, 5) is 13.7. The number of hydrogen-bond acceptors (Lipinski definition) is 4. The van der Waals surface area contributed by atoms with Crippen LogP contribution in [-0.4, -0.2) is 43.1 Å². The zero-order valence-electron chi connectivity index (χ0n) is 10.3. The molecule has 5 nitrogen and oxygen atoms in total. The van der Waals surface area contributed by atoms with Crippen LogP contribution < -0.4 is 5.32 Å². The lowest BCUT2D eigenvalue weighted by molar-refractivity contribution is 0.0920. The van der Waals surface area contributed by atoms with E-state index in [4.69, 9.17) is 0 Å². The zero-order valence-corrected chi connectivity index (χ0v) is 10.3. The minimum atomic E-state index is -0.194. The highest BCUT2D eigenvalue weighted by molar-refractivity contribution is 5.91. The number of amides is 1. The molecule has 0 aliphatic rings. The Morgan fingerprint density at radius 3 is 2.75 bits per heavy atom. The molecule has 1 N–H and O–H groups in total. The lowest BCUT2D eigenvalue weighted by Crippen LogP contribution is -2.40. The van der Waals surface area contributed by atoms with Crippen LogP contribution in [0.1, 0.15) is 24.3 Å². The van der Waals surface area contributed by atoms with Crippen LogP contribution in [0.4, 0.5) is 0 Å². The summed E-state index contributed by atoms with van der Waals surface area (Å²) < 4.78 is 4.61. The Labute approximate surface area is 95.8 Å². The molecule has 1 rings (SSSR count). The summed E-state index contributed by atoms with van der Waals surface area (Å²) in [7, 11) is 4.03. The van der Waals surface area contributed by atoms with Crippen molar-refractivity contribution in [3.8, 4) is 0 Å². The van der Waals surface area contributed by atoms with Crippen molar-refractivity contribution in [2.45, 2.75) is 13.8 Å². The number of hydrogen-bond donors (Lipinski definition) is 1. The Balaban J connectivity index is 2.42. The molecule has 0 spiro atoms. The third-order valence-electron chi connectivity index (χ3n) is 2.14. The molecule has 1 heterocycles. The van der Waals surface area contributed by atoms with Crippen molar-refractivity contribution in [1.29, 1.82) is 0 Å². The third kappa shape index (κ3) is 4.02. The van der Waals surface area contributed by atoms with Crippen molar-refractivity contribution >= 4 is 5.91 Å². The summed E-state index contributed by atoms with van der Waals surface area (Å²) in [5.74, 6) is -0.194. The molecule has 0 radical (unpaired) electrons. The second-order valence-electron chi connectivity index (χ2n) is 4.97. The number of rotatable bonds is 5. The molecule has 1 aromatic heterocycles. The van der Waals surface area contributed by atoms with Crippen LogP contribution in [0.5, 0.6) is 0 Å². The Morgan fingerprint density at radius 1 is 1.56 bits per heavy atom. The summed E-state index contributed by atoms with van der Waals surface area (Å²) in [5, 5.41) is 6.42. The van der Waals surface area contributed by atoms with Crippen LogP contribution in [0.2, 0.25) is 0 Å². The van der Waals surface area contributed by atoms with E-state index in [0.717, 1.165) is 6.54 Å². The molecule has 0 saturated carbocycles. The van der Waals surface area contributed by atoms with Gasteiger partial charge in [-0.25, -0.2) is 0 Å². The lowest BCUT2D eigenvalue weighted by Gasteiger charge is -2.28. The van der Waals surface area contributed by atoms with E-state index < -0.39 is 0 Å². The number of nitrogens with one attached hydrogen (secondary N) is 1. The van der Waals surface area contributed by atoms with Crippen molar-refractivity contribution in [3.63, 3.8) is 0 Å². The molecule has 0 bridgehead atoms. The third-order valence-corrected chi connectivity index (χ3v) is 2.14. The van der Waals surface area contributed by atoms with Crippen LogP contribution in [0.25, 0.3) is 0 Å². The van der Waals surface area contributed by atoms with Crippen LogP contribution in [0.15, 0.2) is 16.9 Å². The number of carbonyl (C=O) groups excluding carboxylic acids is 1. The van der Waals surface area contributed by atoms with E-state index in [1.54, 1.807) is 6.07 Å². The van der Waals surface area contributed by atoms with E-state index in [1.165, 1.54) is 6.26 Å². The van der Waals surface area contributed by atoms with Gasteiger partial charge in [0.05, 0.1) is 0 Å². The molecular weight excluding hydrogens is 206 g/mol. The lowest BCUT2D eigenvalue weighted by atomic mass is 9.93. The molecule has 0 atom stereocenters. The van der Waals surface area contributed by atoms with Gasteiger partial charge in [0.15, 0.2) is 5.69 Å². The van der Waals surface area contributed by atoms with Gasteiger partial charge >= 0.3 is 0 Å². The maximum absolute atomic E-state index is 11.6. The van der Waals surface area contributed by atoms with Gasteiger partial charge in [-0.15, -0.1) is 0 Å². The normalized spacial score (nSPS) is 11.8. The predicted octanol–water partition coefficient (Wildman–Crippen LogP) is 0.992. The molecule has 1 amide bonds. The molecule has 90 valence electrons. The van der Waals surface area contributed by atoms with E-state index >= 15 is 0 Å². The first-order chi connectivity index (χ1) is 7.41. The molecule has 5 heteroatoms. The highest BCUT2D eigenvalue weighted by atomic mass is 16.5. The molecule has 0 unspecified atom stereocenters. The van der Waals surface area contributed by atoms with Gasteiger partial charge < -0.3 is 14.7 Å². The zero-order chi connectivity index (χ0) is 12.2. The second-order valence-corrected chi connectivity index (χ2v) is 4.97. The fourth-order valence-corrected chi connectivity index (χ4v) is 1.65. The molecule has 16 heavy (non-hydrogen) atoms. The van der Waals surface area contributed by atoms with Gasteiger partial charge in [-0.1, -0.05) is 19.0 Å². The van der Waals surface area contributed by atoms with Crippen molar-refractivity contribution < 1.29 is 9.32 Å². The fourth-order valence-electron chi connectivity index (χ4n) is 1.65. The molecular formula is C11H19N3O2. The first kappa shape index (κ1) is 12.7. The van der Waals surface area contributed by atoms with Crippen molar-refractivity contribution in [2.75, 3.05) is 27.2 Å². The second kappa shape index (κ2) is 5.12. The average Bonchev–Trinajstić information content (AvgIpc) is 2.64. The van der Waals surface area contributed by atoms with E-state index in [1.807, 2.05) is 14.1 Å². The summed E-state index contributed by atoms with van der Waals surface area (Å²) in [5.41, 5.74) is 0.351. The monoisotopic (exact) mass is 225 g/mol. The van der Waals surface area contributed by atoms with E-state index in [9.17, 15) is 4.79 Å². The predicted molar refractivity (Wildman–Crippen MR) is 61.2 cm³/mol. The van der Waals surface area contributed by atoms with Crippen LogP contribution in [0.3, 0.4) is 0 Å². The average molecular weight is 225 g/mol. The molecule has 0 fully saturated rings. The van der Waals surface area contributed by atoms with Crippen molar-refractivity contribution in [3.05, 3.63) is 18.0 Å². The van der Waals surface area contributed by atoms with Gasteiger partial charge in [-0.3, -0.25) is 4.79 Å². The Morgan fingerprint density at radius 2 is 2.25 bits per heavy atom. The van der Waals surface area contributed by atoms with Gasteiger partial charge in [-0.05, 0) is 19.5 Å².